The van der Waals surface area contributed by atoms with Crippen molar-refractivity contribution < 1.29 is 4.74 Å². The minimum atomic E-state index is 0.658. The number of anilines is 1. The van der Waals surface area contributed by atoms with Crippen LogP contribution in [0.5, 0.6) is 5.88 Å². The molecule has 3 nitrogen and oxygen atoms in total. The average molecular weight is 166 g/mol. The van der Waals surface area contributed by atoms with Gasteiger partial charge in [0, 0.05) is 13.1 Å². The zero-order valence-corrected chi connectivity index (χ0v) is 7.72. The molecule has 1 heterocycles. The zero-order chi connectivity index (χ0) is 8.97. The highest BCUT2D eigenvalue weighted by molar-refractivity contribution is 5.47. The van der Waals surface area contributed by atoms with E-state index in [4.69, 9.17) is 4.74 Å². The van der Waals surface area contributed by atoms with E-state index in [0.29, 0.717) is 12.5 Å². The van der Waals surface area contributed by atoms with Gasteiger partial charge in [-0.2, -0.15) is 0 Å². The van der Waals surface area contributed by atoms with Crippen LogP contribution < -0.4 is 10.1 Å². The number of nitrogens with one attached hydrogen (secondary N) is 1. The third kappa shape index (κ3) is 1.87. The predicted octanol–water partition coefficient (Wildman–Crippen LogP) is 1.83. The van der Waals surface area contributed by atoms with E-state index in [0.717, 1.165) is 11.4 Å². The monoisotopic (exact) mass is 166 g/mol. The molecule has 0 saturated carbocycles. The SMILES string of the molecule is CCOc1ccc(NC)c(C)n1. The highest BCUT2D eigenvalue weighted by atomic mass is 16.5. The summed E-state index contributed by atoms with van der Waals surface area (Å²) in [6, 6.07) is 3.83. The minimum absolute atomic E-state index is 0.658. The van der Waals surface area contributed by atoms with E-state index in [2.05, 4.69) is 10.3 Å². The molecule has 12 heavy (non-hydrogen) atoms. The Hall–Kier alpha value is -1.25. The lowest BCUT2D eigenvalue weighted by molar-refractivity contribution is 0.326. The van der Waals surface area contributed by atoms with Crippen LogP contribution in [0.25, 0.3) is 0 Å². The lowest BCUT2D eigenvalue weighted by atomic mass is 10.3. The van der Waals surface area contributed by atoms with Gasteiger partial charge in [-0.1, -0.05) is 0 Å². The summed E-state index contributed by atoms with van der Waals surface area (Å²) in [6.07, 6.45) is 0. The molecule has 0 unspecified atom stereocenters. The van der Waals surface area contributed by atoms with Crippen molar-refractivity contribution in [3.05, 3.63) is 17.8 Å². The molecule has 0 saturated heterocycles. The van der Waals surface area contributed by atoms with Gasteiger partial charge < -0.3 is 10.1 Å². The van der Waals surface area contributed by atoms with Crippen molar-refractivity contribution >= 4 is 5.69 Å². The van der Waals surface area contributed by atoms with Gasteiger partial charge in [-0.3, -0.25) is 0 Å². The lowest BCUT2D eigenvalue weighted by Gasteiger charge is -2.06. The maximum absolute atomic E-state index is 5.25. The van der Waals surface area contributed by atoms with E-state index in [1.165, 1.54) is 0 Å². The second-order valence-electron chi connectivity index (χ2n) is 2.47. The molecule has 0 aliphatic heterocycles. The van der Waals surface area contributed by atoms with Gasteiger partial charge in [0.15, 0.2) is 0 Å². The Morgan fingerprint density at radius 1 is 1.50 bits per heavy atom. The van der Waals surface area contributed by atoms with Crippen LogP contribution in [0, 0.1) is 6.92 Å². The van der Waals surface area contributed by atoms with Crippen molar-refractivity contribution in [2.45, 2.75) is 13.8 Å². The van der Waals surface area contributed by atoms with E-state index in [1.807, 2.05) is 33.0 Å². The molecule has 0 atom stereocenters. The van der Waals surface area contributed by atoms with Crippen molar-refractivity contribution in [1.29, 1.82) is 0 Å². The molecule has 0 amide bonds. The van der Waals surface area contributed by atoms with Crippen molar-refractivity contribution in [2.24, 2.45) is 0 Å². The molecule has 1 aromatic heterocycles. The summed E-state index contributed by atoms with van der Waals surface area (Å²) in [5.41, 5.74) is 2.00. The fraction of sp³-hybridized carbons (Fsp3) is 0.444. The molecule has 0 radical (unpaired) electrons. The first-order valence-electron chi connectivity index (χ1n) is 4.06. The predicted molar refractivity (Wildman–Crippen MR) is 49.7 cm³/mol. The Morgan fingerprint density at radius 2 is 2.25 bits per heavy atom. The van der Waals surface area contributed by atoms with Crippen LogP contribution in [0.15, 0.2) is 12.1 Å². The van der Waals surface area contributed by atoms with Gasteiger partial charge in [-0.25, -0.2) is 4.98 Å². The highest BCUT2D eigenvalue weighted by Gasteiger charge is 1.98. The number of aromatic nitrogens is 1. The molecule has 0 spiro atoms. The van der Waals surface area contributed by atoms with Crippen LogP contribution in [0.3, 0.4) is 0 Å². The van der Waals surface area contributed by atoms with Gasteiger partial charge in [0.2, 0.25) is 5.88 Å². The summed E-state index contributed by atoms with van der Waals surface area (Å²) in [5, 5.41) is 3.05. The van der Waals surface area contributed by atoms with Gasteiger partial charge in [0.05, 0.1) is 18.0 Å². The van der Waals surface area contributed by atoms with E-state index in [-0.39, 0.29) is 0 Å². The first-order chi connectivity index (χ1) is 5.77. The summed E-state index contributed by atoms with van der Waals surface area (Å²) in [4.78, 5) is 4.25. The number of rotatable bonds is 3. The molecule has 1 rings (SSSR count). The van der Waals surface area contributed by atoms with Gasteiger partial charge in [0.1, 0.15) is 0 Å². The number of nitrogens with zero attached hydrogens (tertiary/aromatic N) is 1. The zero-order valence-electron chi connectivity index (χ0n) is 7.72. The molecule has 0 aliphatic carbocycles. The summed E-state index contributed by atoms with van der Waals surface area (Å²) in [7, 11) is 1.88. The van der Waals surface area contributed by atoms with Crippen molar-refractivity contribution in [3.63, 3.8) is 0 Å². The largest absolute Gasteiger partial charge is 0.478 e. The molecular weight excluding hydrogens is 152 g/mol. The normalized spacial score (nSPS) is 9.58. The van der Waals surface area contributed by atoms with Crippen LogP contribution in [0.2, 0.25) is 0 Å². The van der Waals surface area contributed by atoms with Crippen molar-refractivity contribution in [1.82, 2.24) is 4.98 Å². The summed E-state index contributed by atoms with van der Waals surface area (Å²) < 4.78 is 5.25. The fourth-order valence-electron chi connectivity index (χ4n) is 1.03. The highest BCUT2D eigenvalue weighted by Crippen LogP contribution is 2.15. The molecule has 1 aromatic rings. The van der Waals surface area contributed by atoms with Crippen LogP contribution in [-0.4, -0.2) is 18.6 Å². The van der Waals surface area contributed by atoms with Gasteiger partial charge in [-0.15, -0.1) is 0 Å². The van der Waals surface area contributed by atoms with E-state index in [1.54, 1.807) is 0 Å². The lowest BCUT2D eigenvalue weighted by Crippen LogP contribution is -1.98. The second-order valence-corrected chi connectivity index (χ2v) is 2.47. The number of aryl methyl sites for hydroxylation is 1. The van der Waals surface area contributed by atoms with E-state index < -0.39 is 0 Å². The summed E-state index contributed by atoms with van der Waals surface area (Å²) in [5.74, 6) is 0.689. The Labute approximate surface area is 72.8 Å². The maximum Gasteiger partial charge on any atom is 0.213 e. The topological polar surface area (TPSA) is 34.1 Å². The smallest absolute Gasteiger partial charge is 0.213 e. The van der Waals surface area contributed by atoms with Gasteiger partial charge in [-0.05, 0) is 19.9 Å². The van der Waals surface area contributed by atoms with Crippen LogP contribution >= 0.6 is 0 Å². The van der Waals surface area contributed by atoms with Gasteiger partial charge >= 0.3 is 0 Å². The number of hydrogen-bond acceptors (Lipinski definition) is 3. The molecule has 1 N–H and O–H groups in total. The quantitative estimate of drug-likeness (QED) is 0.743. The summed E-state index contributed by atoms with van der Waals surface area (Å²) >= 11 is 0. The maximum atomic E-state index is 5.25. The second kappa shape index (κ2) is 3.95. The summed E-state index contributed by atoms with van der Waals surface area (Å²) in [6.45, 7) is 4.56. The van der Waals surface area contributed by atoms with E-state index >= 15 is 0 Å². The average Bonchev–Trinajstić information content (AvgIpc) is 2.05. The molecule has 0 aromatic carbocycles. The molecular formula is C9H14N2O. The number of hydrogen-bond donors (Lipinski definition) is 1. The Bertz CT molecular complexity index is 261. The number of ether oxygens (including phenoxy) is 1. The standard InChI is InChI=1S/C9H14N2O/c1-4-12-9-6-5-8(10-3)7(2)11-9/h5-6,10H,4H2,1-3H3. The van der Waals surface area contributed by atoms with Gasteiger partial charge in [0.25, 0.3) is 0 Å². The third-order valence-electron chi connectivity index (χ3n) is 1.62. The minimum Gasteiger partial charge on any atom is -0.478 e. The first kappa shape index (κ1) is 8.84. The molecule has 3 heteroatoms. The molecule has 66 valence electrons. The van der Waals surface area contributed by atoms with Crippen molar-refractivity contribution in [3.8, 4) is 5.88 Å². The molecule has 0 bridgehead atoms. The Morgan fingerprint density at radius 3 is 2.75 bits per heavy atom. The Kier molecular flexibility index (Phi) is 2.91. The first-order valence-corrected chi connectivity index (χ1v) is 4.06. The fourth-order valence-corrected chi connectivity index (χ4v) is 1.03. The van der Waals surface area contributed by atoms with Crippen LogP contribution in [0.4, 0.5) is 5.69 Å². The van der Waals surface area contributed by atoms with Crippen LogP contribution in [-0.2, 0) is 0 Å². The molecule has 0 fully saturated rings. The van der Waals surface area contributed by atoms with Crippen molar-refractivity contribution in [2.75, 3.05) is 19.0 Å². The number of pyridine rings is 1. The van der Waals surface area contributed by atoms with Crippen LogP contribution in [0.1, 0.15) is 12.6 Å². The van der Waals surface area contributed by atoms with E-state index in [9.17, 15) is 0 Å². The third-order valence-corrected chi connectivity index (χ3v) is 1.62. The Balaban J connectivity index is 2.86. The molecule has 0 aliphatic rings.